The summed E-state index contributed by atoms with van der Waals surface area (Å²) in [6.45, 7) is 3.64. The fourth-order valence-electron chi connectivity index (χ4n) is 2.60. The third-order valence-corrected chi connectivity index (χ3v) is 6.19. The van der Waals surface area contributed by atoms with Gasteiger partial charge in [0.25, 0.3) is 0 Å². The van der Waals surface area contributed by atoms with Crippen LogP contribution >= 0.6 is 0 Å². The summed E-state index contributed by atoms with van der Waals surface area (Å²) in [5, 5.41) is 0. The summed E-state index contributed by atoms with van der Waals surface area (Å²) >= 11 is 0. The molecule has 0 bridgehead atoms. The first-order valence-corrected chi connectivity index (χ1v) is 12.2. The summed E-state index contributed by atoms with van der Waals surface area (Å²) in [6.07, 6.45) is 4.80. The van der Waals surface area contributed by atoms with Crippen molar-refractivity contribution in [1.29, 1.82) is 0 Å². The molecule has 1 saturated carbocycles. The summed E-state index contributed by atoms with van der Waals surface area (Å²) in [4.78, 5) is -0.355. The molecule has 2 aromatic rings. The number of aryl methyl sites for hydroxylation is 2. The van der Waals surface area contributed by atoms with Crippen LogP contribution in [-0.4, -0.2) is 38.0 Å². The molecule has 2 aromatic carbocycles. The fourth-order valence-corrected chi connectivity index (χ4v) is 3.54. The van der Waals surface area contributed by atoms with Gasteiger partial charge in [-0.2, -0.15) is 0 Å². The van der Waals surface area contributed by atoms with E-state index >= 15 is 0 Å². The van der Waals surface area contributed by atoms with Crippen LogP contribution in [0.3, 0.4) is 0 Å². The number of nitrogens with two attached hydrogens (primary N) is 2. The Morgan fingerprint density at radius 1 is 0.677 bits per heavy atom. The van der Waals surface area contributed by atoms with Crippen LogP contribution in [0.1, 0.15) is 36.8 Å². The second-order valence-electron chi connectivity index (χ2n) is 7.15. The van der Waals surface area contributed by atoms with Crippen LogP contribution in [0.5, 0.6) is 0 Å². The second kappa shape index (κ2) is 13.4. The van der Waals surface area contributed by atoms with Crippen molar-refractivity contribution in [2.24, 2.45) is 11.5 Å². The topological polar surface area (TPSA) is 166 Å². The molecule has 0 radical (unpaired) electrons. The number of hydrogen-bond acceptors (Lipinski definition) is 8. The largest absolute Gasteiger partial charge is 2.00 e. The molecule has 0 spiro atoms. The third kappa shape index (κ3) is 11.9. The minimum absolute atomic E-state index is 0. The van der Waals surface area contributed by atoms with E-state index in [1.54, 1.807) is 24.3 Å². The first-order valence-electron chi connectivity index (χ1n) is 9.37. The van der Waals surface area contributed by atoms with Crippen molar-refractivity contribution in [1.82, 2.24) is 0 Å². The number of rotatable bonds is 2. The maximum Gasteiger partial charge on any atom is 2.00 e. The SMILES string of the molecule is Cc1ccc(S(=O)(=O)[O-])cc1.Cc1ccc(S(=O)(=O)[O-])cc1.N[C@@H]1CCCC[C@H]1N.[Pt+2]. The normalized spacial score (nSPS) is 18.4. The van der Waals surface area contributed by atoms with Gasteiger partial charge in [0.1, 0.15) is 20.2 Å². The van der Waals surface area contributed by atoms with E-state index in [0.717, 1.165) is 24.0 Å². The standard InChI is InChI=1S/2C7H8O3S.C6H14N2.Pt/c2*1-6-2-4-7(5-3-6)11(8,9)10;7-5-3-1-2-4-6(5)8;/h2*2-5H,1H3,(H,8,9,10);5-6H,1-4,7-8H2;/q;;;+2/p-2/t;;5-,6-;/m..1./s1. The van der Waals surface area contributed by atoms with E-state index in [0.29, 0.717) is 0 Å². The molecule has 1 aliphatic carbocycles. The molecular weight excluding hydrogens is 623 g/mol. The molecule has 0 aliphatic heterocycles. The van der Waals surface area contributed by atoms with Crippen molar-refractivity contribution in [3.05, 3.63) is 59.7 Å². The monoisotopic (exact) mass is 651 g/mol. The fraction of sp³-hybridized carbons (Fsp3) is 0.400. The molecule has 0 heterocycles. The predicted octanol–water partition coefficient (Wildman–Crippen LogP) is 2.01. The van der Waals surface area contributed by atoms with Gasteiger partial charge in [0, 0.05) is 12.1 Å². The Hall–Kier alpha value is -1.13. The van der Waals surface area contributed by atoms with Gasteiger partial charge < -0.3 is 20.6 Å². The first kappa shape index (κ1) is 29.9. The van der Waals surface area contributed by atoms with Gasteiger partial charge in [0.05, 0.1) is 9.79 Å². The Kier molecular flexibility index (Phi) is 12.9. The molecular formula is C20H28N2O6PtS2. The summed E-state index contributed by atoms with van der Waals surface area (Å²) in [5.41, 5.74) is 13.2. The van der Waals surface area contributed by atoms with E-state index in [4.69, 9.17) is 11.5 Å². The van der Waals surface area contributed by atoms with Crippen molar-refractivity contribution in [2.75, 3.05) is 0 Å². The molecule has 0 amide bonds. The van der Waals surface area contributed by atoms with E-state index in [9.17, 15) is 25.9 Å². The third-order valence-electron chi connectivity index (χ3n) is 4.49. The van der Waals surface area contributed by atoms with Gasteiger partial charge >= 0.3 is 21.1 Å². The molecule has 176 valence electrons. The zero-order valence-corrected chi connectivity index (χ0v) is 21.2. The second-order valence-corrected chi connectivity index (χ2v) is 9.91. The molecule has 1 aliphatic rings. The van der Waals surface area contributed by atoms with E-state index in [1.165, 1.54) is 37.1 Å². The average molecular weight is 652 g/mol. The van der Waals surface area contributed by atoms with Gasteiger partial charge in [-0.25, -0.2) is 16.8 Å². The van der Waals surface area contributed by atoms with Crippen LogP contribution in [0.15, 0.2) is 58.3 Å². The maximum absolute atomic E-state index is 10.4. The van der Waals surface area contributed by atoms with Crippen molar-refractivity contribution in [2.45, 2.75) is 61.4 Å². The Morgan fingerprint density at radius 3 is 1.13 bits per heavy atom. The summed E-state index contributed by atoms with van der Waals surface area (Å²) in [7, 11) is -8.54. The maximum atomic E-state index is 10.4. The molecule has 0 unspecified atom stereocenters. The predicted molar refractivity (Wildman–Crippen MR) is 113 cm³/mol. The van der Waals surface area contributed by atoms with E-state index in [-0.39, 0.29) is 42.9 Å². The number of hydrogen-bond donors (Lipinski definition) is 2. The smallest absolute Gasteiger partial charge is 0.744 e. The molecule has 1 fully saturated rings. The van der Waals surface area contributed by atoms with Gasteiger partial charge in [0.2, 0.25) is 0 Å². The molecule has 3 rings (SSSR count). The number of benzene rings is 2. The summed E-state index contributed by atoms with van der Waals surface area (Å²) in [6, 6.07) is 12.1. The molecule has 4 N–H and O–H groups in total. The van der Waals surface area contributed by atoms with Crippen molar-refractivity contribution < 1.29 is 47.0 Å². The Labute approximate surface area is 199 Å². The van der Waals surface area contributed by atoms with Crippen LogP contribution in [0.2, 0.25) is 0 Å². The van der Waals surface area contributed by atoms with E-state index in [2.05, 4.69) is 0 Å². The van der Waals surface area contributed by atoms with Gasteiger partial charge in [-0.3, -0.25) is 0 Å². The van der Waals surface area contributed by atoms with E-state index < -0.39 is 20.2 Å². The van der Waals surface area contributed by atoms with Crippen molar-refractivity contribution >= 4 is 20.2 Å². The summed E-state index contributed by atoms with van der Waals surface area (Å²) < 4.78 is 62.3. The van der Waals surface area contributed by atoms with Gasteiger partial charge in [-0.1, -0.05) is 48.2 Å². The Morgan fingerprint density at radius 2 is 0.935 bits per heavy atom. The molecule has 0 aromatic heterocycles. The average Bonchev–Trinajstić information content (AvgIpc) is 2.64. The van der Waals surface area contributed by atoms with Crippen LogP contribution in [0, 0.1) is 13.8 Å². The van der Waals surface area contributed by atoms with Crippen LogP contribution in [-0.2, 0) is 41.3 Å². The van der Waals surface area contributed by atoms with Gasteiger partial charge in [-0.15, -0.1) is 0 Å². The molecule has 11 heteroatoms. The van der Waals surface area contributed by atoms with Crippen LogP contribution in [0.4, 0.5) is 0 Å². The van der Waals surface area contributed by atoms with Gasteiger partial charge in [-0.05, 0) is 51.0 Å². The summed E-state index contributed by atoms with van der Waals surface area (Å²) in [5.74, 6) is 0. The Bertz CT molecular complexity index is 911. The van der Waals surface area contributed by atoms with Gasteiger partial charge in [0.15, 0.2) is 0 Å². The first-order chi connectivity index (χ1) is 13.8. The minimum atomic E-state index is -4.27. The zero-order valence-electron chi connectivity index (χ0n) is 17.3. The molecule has 0 saturated heterocycles. The minimum Gasteiger partial charge on any atom is -0.744 e. The quantitative estimate of drug-likeness (QED) is 0.466. The van der Waals surface area contributed by atoms with Crippen molar-refractivity contribution in [3.63, 3.8) is 0 Å². The van der Waals surface area contributed by atoms with Crippen LogP contribution in [0.25, 0.3) is 0 Å². The van der Waals surface area contributed by atoms with Crippen molar-refractivity contribution in [3.8, 4) is 0 Å². The zero-order chi connectivity index (χ0) is 22.9. The Balaban J connectivity index is 0.000000434. The van der Waals surface area contributed by atoms with Crippen LogP contribution < -0.4 is 11.5 Å². The van der Waals surface area contributed by atoms with E-state index in [1.807, 2.05) is 13.8 Å². The molecule has 31 heavy (non-hydrogen) atoms. The molecule has 2 atom stereocenters. The molecule has 8 nitrogen and oxygen atoms in total.